The molecule has 0 bridgehead atoms. The summed E-state index contributed by atoms with van der Waals surface area (Å²) in [5.41, 5.74) is 2.39. The van der Waals surface area contributed by atoms with Gasteiger partial charge < -0.3 is 10.1 Å². The highest BCUT2D eigenvalue weighted by Crippen LogP contribution is 2.28. The molecule has 2 aromatic rings. The summed E-state index contributed by atoms with van der Waals surface area (Å²) in [6.07, 6.45) is 2.95. The van der Waals surface area contributed by atoms with Gasteiger partial charge in [0.1, 0.15) is 0 Å². The minimum Gasteiger partial charge on any atom is -0.383 e. The van der Waals surface area contributed by atoms with Crippen molar-refractivity contribution in [2.75, 3.05) is 20.3 Å². The maximum Gasteiger partial charge on any atom is 0.0759 e. The third-order valence-electron chi connectivity index (χ3n) is 3.35. The summed E-state index contributed by atoms with van der Waals surface area (Å²) in [5, 5.41) is 8.07. The fourth-order valence-corrected chi connectivity index (χ4v) is 2.85. The minimum absolute atomic E-state index is 0.125. The van der Waals surface area contributed by atoms with Crippen molar-refractivity contribution in [3.63, 3.8) is 0 Å². The minimum atomic E-state index is 0.125. The topological polar surface area (TPSA) is 39.1 Å². The van der Waals surface area contributed by atoms with Gasteiger partial charge in [0.25, 0.3) is 0 Å². The molecule has 2 rings (SSSR count). The van der Waals surface area contributed by atoms with Crippen LogP contribution in [0.2, 0.25) is 0 Å². The Hall–Kier alpha value is -1.17. The van der Waals surface area contributed by atoms with Crippen LogP contribution in [0.5, 0.6) is 0 Å². The molecule has 1 heterocycles. The molecule has 114 valence electrons. The molecule has 0 saturated carbocycles. The Balaban J connectivity index is 2.34. The standard InChI is InChI=1S/C16H22BrN3O/c1-3-9-18-15(13-7-5-4-6-8-13)16-14(17)12-19-20(16)10-11-21-2/h4-8,12,15,18H,3,9-11H2,1-2H3. The van der Waals surface area contributed by atoms with Crippen LogP contribution in [0.25, 0.3) is 0 Å². The molecule has 0 aliphatic carbocycles. The first-order valence-corrected chi connectivity index (χ1v) is 8.05. The zero-order valence-corrected chi connectivity index (χ0v) is 14.1. The van der Waals surface area contributed by atoms with Crippen LogP contribution < -0.4 is 5.32 Å². The van der Waals surface area contributed by atoms with Gasteiger partial charge in [0.15, 0.2) is 0 Å². The van der Waals surface area contributed by atoms with E-state index in [1.165, 1.54) is 5.56 Å². The SMILES string of the molecule is CCCNC(c1ccccc1)c1c(Br)cnn1CCOC. The second-order valence-electron chi connectivity index (χ2n) is 4.89. The largest absolute Gasteiger partial charge is 0.383 e. The number of ether oxygens (including phenoxy) is 1. The molecule has 0 amide bonds. The molecule has 5 heteroatoms. The van der Waals surface area contributed by atoms with Gasteiger partial charge in [0, 0.05) is 7.11 Å². The Morgan fingerprint density at radius 1 is 1.33 bits per heavy atom. The van der Waals surface area contributed by atoms with Gasteiger partial charge >= 0.3 is 0 Å². The second kappa shape index (κ2) is 8.32. The Kier molecular flexibility index (Phi) is 6.42. The first-order chi connectivity index (χ1) is 10.3. The summed E-state index contributed by atoms with van der Waals surface area (Å²) in [6, 6.07) is 10.6. The smallest absolute Gasteiger partial charge is 0.0759 e. The predicted octanol–water partition coefficient (Wildman–Crippen LogP) is 3.38. The van der Waals surface area contributed by atoms with Crippen LogP contribution in [0.1, 0.15) is 30.6 Å². The van der Waals surface area contributed by atoms with Gasteiger partial charge in [0.2, 0.25) is 0 Å². The van der Waals surface area contributed by atoms with Gasteiger partial charge in [-0.05, 0) is 34.5 Å². The summed E-state index contributed by atoms with van der Waals surface area (Å²) in [6.45, 7) is 4.53. The van der Waals surface area contributed by atoms with Crippen molar-refractivity contribution in [3.05, 3.63) is 52.3 Å². The normalized spacial score (nSPS) is 12.5. The summed E-state index contributed by atoms with van der Waals surface area (Å²) >= 11 is 3.63. The number of benzene rings is 1. The van der Waals surface area contributed by atoms with Crippen molar-refractivity contribution in [2.24, 2.45) is 0 Å². The van der Waals surface area contributed by atoms with Gasteiger partial charge in [-0.2, -0.15) is 5.10 Å². The van der Waals surface area contributed by atoms with Crippen LogP contribution in [0.3, 0.4) is 0 Å². The fourth-order valence-electron chi connectivity index (χ4n) is 2.32. The van der Waals surface area contributed by atoms with Gasteiger partial charge in [-0.1, -0.05) is 37.3 Å². The lowest BCUT2D eigenvalue weighted by atomic mass is 10.0. The average molecular weight is 352 g/mol. The lowest BCUT2D eigenvalue weighted by Gasteiger charge is -2.21. The van der Waals surface area contributed by atoms with E-state index in [0.717, 1.165) is 29.7 Å². The van der Waals surface area contributed by atoms with Crippen molar-refractivity contribution < 1.29 is 4.74 Å². The van der Waals surface area contributed by atoms with E-state index in [1.54, 1.807) is 7.11 Å². The molecule has 0 aliphatic heterocycles. The number of hydrogen-bond donors (Lipinski definition) is 1. The third kappa shape index (κ3) is 4.15. The molecule has 0 fully saturated rings. The van der Waals surface area contributed by atoms with Crippen LogP contribution in [0, 0.1) is 0 Å². The number of methoxy groups -OCH3 is 1. The quantitative estimate of drug-likeness (QED) is 0.792. The van der Waals surface area contributed by atoms with E-state index in [4.69, 9.17) is 4.74 Å². The average Bonchev–Trinajstić information content (AvgIpc) is 2.88. The van der Waals surface area contributed by atoms with Crippen molar-refractivity contribution in [3.8, 4) is 0 Å². The lowest BCUT2D eigenvalue weighted by Crippen LogP contribution is -2.26. The lowest BCUT2D eigenvalue weighted by molar-refractivity contribution is 0.182. The molecule has 0 spiro atoms. The monoisotopic (exact) mass is 351 g/mol. The van der Waals surface area contributed by atoms with Crippen LogP contribution in [0.4, 0.5) is 0 Å². The maximum atomic E-state index is 5.18. The third-order valence-corrected chi connectivity index (χ3v) is 3.96. The summed E-state index contributed by atoms with van der Waals surface area (Å²) in [4.78, 5) is 0. The van der Waals surface area contributed by atoms with Crippen LogP contribution in [-0.4, -0.2) is 30.0 Å². The van der Waals surface area contributed by atoms with E-state index in [-0.39, 0.29) is 6.04 Å². The first kappa shape index (κ1) is 16.2. The predicted molar refractivity (Wildman–Crippen MR) is 88.4 cm³/mol. The molecule has 1 aromatic heterocycles. The molecule has 4 nitrogen and oxygen atoms in total. The highest BCUT2D eigenvalue weighted by molar-refractivity contribution is 9.10. The van der Waals surface area contributed by atoms with E-state index in [2.05, 4.69) is 57.5 Å². The fraction of sp³-hybridized carbons (Fsp3) is 0.438. The van der Waals surface area contributed by atoms with Gasteiger partial charge in [-0.15, -0.1) is 0 Å². The maximum absolute atomic E-state index is 5.18. The summed E-state index contributed by atoms with van der Waals surface area (Å²) in [7, 11) is 1.71. The summed E-state index contributed by atoms with van der Waals surface area (Å²) in [5.74, 6) is 0. The number of halogens is 1. The molecular weight excluding hydrogens is 330 g/mol. The highest BCUT2D eigenvalue weighted by Gasteiger charge is 2.21. The molecule has 1 N–H and O–H groups in total. The first-order valence-electron chi connectivity index (χ1n) is 7.26. The van der Waals surface area contributed by atoms with E-state index >= 15 is 0 Å². The van der Waals surface area contributed by atoms with Crippen molar-refractivity contribution in [1.29, 1.82) is 0 Å². The van der Waals surface area contributed by atoms with E-state index in [0.29, 0.717) is 6.61 Å². The van der Waals surface area contributed by atoms with Crippen LogP contribution in [0.15, 0.2) is 41.0 Å². The Labute approximate surface area is 134 Å². The van der Waals surface area contributed by atoms with Crippen molar-refractivity contribution >= 4 is 15.9 Å². The molecule has 21 heavy (non-hydrogen) atoms. The van der Waals surface area contributed by atoms with E-state index in [1.807, 2.05) is 16.9 Å². The molecule has 1 unspecified atom stereocenters. The second-order valence-corrected chi connectivity index (χ2v) is 5.75. The number of hydrogen-bond acceptors (Lipinski definition) is 3. The molecular formula is C16H22BrN3O. The van der Waals surface area contributed by atoms with E-state index < -0.39 is 0 Å². The zero-order chi connectivity index (χ0) is 15.1. The van der Waals surface area contributed by atoms with Gasteiger partial charge in [-0.25, -0.2) is 0 Å². The number of nitrogens with one attached hydrogen (secondary N) is 1. The Morgan fingerprint density at radius 3 is 2.76 bits per heavy atom. The van der Waals surface area contributed by atoms with Crippen LogP contribution in [-0.2, 0) is 11.3 Å². The number of rotatable bonds is 8. The van der Waals surface area contributed by atoms with Crippen LogP contribution >= 0.6 is 15.9 Å². The van der Waals surface area contributed by atoms with Crippen molar-refractivity contribution in [2.45, 2.75) is 25.9 Å². The Morgan fingerprint density at radius 2 is 2.10 bits per heavy atom. The molecule has 0 radical (unpaired) electrons. The summed E-state index contributed by atoms with van der Waals surface area (Å²) < 4.78 is 8.21. The molecule has 1 aromatic carbocycles. The van der Waals surface area contributed by atoms with Gasteiger partial charge in [-0.3, -0.25) is 4.68 Å². The Bertz CT molecular complexity index is 542. The zero-order valence-electron chi connectivity index (χ0n) is 12.6. The molecule has 0 saturated heterocycles. The number of nitrogens with zero attached hydrogens (tertiary/aromatic N) is 2. The molecule has 0 aliphatic rings. The van der Waals surface area contributed by atoms with Crippen molar-refractivity contribution in [1.82, 2.24) is 15.1 Å². The van der Waals surface area contributed by atoms with Gasteiger partial charge in [0.05, 0.1) is 35.6 Å². The number of aromatic nitrogens is 2. The molecule has 1 atom stereocenters. The van der Waals surface area contributed by atoms with E-state index in [9.17, 15) is 0 Å². The highest BCUT2D eigenvalue weighted by atomic mass is 79.9.